The predicted molar refractivity (Wildman–Crippen MR) is 67.8 cm³/mol. The molecule has 118 valence electrons. The summed E-state index contributed by atoms with van der Waals surface area (Å²) in [7, 11) is -5.70. The van der Waals surface area contributed by atoms with E-state index in [9.17, 15) is 30.8 Å². The van der Waals surface area contributed by atoms with E-state index in [1.54, 1.807) is 13.8 Å². The van der Waals surface area contributed by atoms with Gasteiger partial charge in [0.1, 0.15) is 11.6 Å². The highest BCUT2D eigenvalue weighted by Crippen LogP contribution is 2.33. The van der Waals surface area contributed by atoms with Gasteiger partial charge < -0.3 is 0 Å². The molecule has 0 aliphatic carbocycles. The van der Waals surface area contributed by atoms with Gasteiger partial charge in [-0.05, 0) is 23.6 Å². The number of alkyl halides is 3. The number of sulfone groups is 1. The van der Waals surface area contributed by atoms with Crippen LogP contribution in [0.2, 0.25) is 0 Å². The van der Waals surface area contributed by atoms with Crippen LogP contribution in [0.3, 0.4) is 0 Å². The molecule has 1 aromatic rings. The highest BCUT2D eigenvalue weighted by atomic mass is 32.2. The van der Waals surface area contributed by atoms with Gasteiger partial charge in [0.15, 0.2) is 0 Å². The maximum Gasteiger partial charge on any atom is 0.501 e. The van der Waals surface area contributed by atoms with Gasteiger partial charge in [0.25, 0.3) is 9.84 Å². The van der Waals surface area contributed by atoms with Gasteiger partial charge in [-0.15, -0.1) is 0 Å². The number of benzene rings is 1. The Balaban J connectivity index is 3.28. The third-order valence-corrected chi connectivity index (χ3v) is 4.22. The molecule has 0 amide bonds. The van der Waals surface area contributed by atoms with Crippen LogP contribution < -0.4 is 0 Å². The molecule has 1 aromatic carbocycles. The van der Waals surface area contributed by atoms with E-state index in [2.05, 4.69) is 0 Å². The summed E-state index contributed by atoms with van der Waals surface area (Å²) in [5.41, 5.74) is -5.89. The molecule has 1 rings (SSSR count). The highest BCUT2D eigenvalue weighted by Gasteiger charge is 2.48. The summed E-state index contributed by atoms with van der Waals surface area (Å²) >= 11 is 0. The summed E-state index contributed by atoms with van der Waals surface area (Å²) in [6.07, 6.45) is -0.383. The van der Waals surface area contributed by atoms with E-state index < -0.39 is 38.3 Å². The van der Waals surface area contributed by atoms with Crippen molar-refractivity contribution in [1.29, 1.82) is 0 Å². The van der Waals surface area contributed by atoms with E-state index in [1.807, 2.05) is 0 Å². The summed E-state index contributed by atoms with van der Waals surface area (Å²) in [6, 6.07) is 2.01. The number of hydrogen-bond donors (Lipinski definition) is 0. The molecular weight excluding hydrogens is 312 g/mol. The van der Waals surface area contributed by atoms with Gasteiger partial charge in [-0.2, -0.15) is 13.2 Å². The second-order valence-electron chi connectivity index (χ2n) is 5.01. The lowest BCUT2D eigenvalue weighted by Crippen LogP contribution is -2.25. The Morgan fingerprint density at radius 1 is 1.24 bits per heavy atom. The van der Waals surface area contributed by atoms with Gasteiger partial charge >= 0.3 is 5.51 Å². The number of rotatable bonds is 5. The summed E-state index contributed by atoms with van der Waals surface area (Å²) < 4.78 is 73.7. The fourth-order valence-corrected chi connectivity index (χ4v) is 2.79. The van der Waals surface area contributed by atoms with E-state index in [0.29, 0.717) is 6.07 Å². The number of carbonyl (C=O) groups excluding carboxylic acids is 1. The number of Topliss-reactive ketones (excluding diaryl/α,β-unsaturated/α-hetero) is 1. The molecular formula is C13H14F4O3S. The summed E-state index contributed by atoms with van der Waals surface area (Å²) in [5.74, 6) is -1.53. The van der Waals surface area contributed by atoms with Crippen molar-refractivity contribution in [3.05, 3.63) is 29.6 Å². The fraction of sp³-hybridized carbons (Fsp3) is 0.462. The van der Waals surface area contributed by atoms with Crippen LogP contribution in [0.15, 0.2) is 23.1 Å². The molecule has 0 aliphatic rings. The van der Waals surface area contributed by atoms with Crippen LogP contribution in [-0.4, -0.2) is 19.7 Å². The second kappa shape index (κ2) is 6.13. The smallest absolute Gasteiger partial charge is 0.299 e. The summed E-state index contributed by atoms with van der Waals surface area (Å²) in [4.78, 5) is 10.5. The van der Waals surface area contributed by atoms with Gasteiger partial charge in [-0.25, -0.2) is 12.8 Å². The molecule has 0 saturated heterocycles. The van der Waals surface area contributed by atoms with Gasteiger partial charge in [-0.1, -0.05) is 19.9 Å². The number of carbonyl (C=O) groups is 1. The zero-order valence-electron chi connectivity index (χ0n) is 11.4. The normalized spacial score (nSPS) is 12.7. The third kappa shape index (κ3) is 4.26. The molecule has 0 spiro atoms. The van der Waals surface area contributed by atoms with Crippen molar-refractivity contribution in [1.82, 2.24) is 0 Å². The molecule has 0 bridgehead atoms. The SMILES string of the molecule is CC(C)CC(=O)Cc1ccc(F)cc1S(=O)(=O)C(F)(F)F. The van der Waals surface area contributed by atoms with Crippen LogP contribution in [-0.2, 0) is 21.1 Å². The van der Waals surface area contributed by atoms with E-state index in [0.717, 1.165) is 12.1 Å². The first-order valence-corrected chi connectivity index (χ1v) is 7.55. The van der Waals surface area contributed by atoms with Gasteiger partial charge in [-0.3, -0.25) is 4.79 Å². The van der Waals surface area contributed by atoms with E-state index in [4.69, 9.17) is 0 Å². The van der Waals surface area contributed by atoms with Crippen molar-refractivity contribution < 1.29 is 30.8 Å². The van der Waals surface area contributed by atoms with Crippen molar-refractivity contribution >= 4 is 15.6 Å². The molecule has 0 radical (unpaired) electrons. The Bertz CT molecular complexity index is 633. The minimum absolute atomic E-state index is 0.0133. The summed E-state index contributed by atoms with van der Waals surface area (Å²) in [5, 5.41) is 0. The zero-order valence-corrected chi connectivity index (χ0v) is 12.2. The Morgan fingerprint density at radius 2 is 1.81 bits per heavy atom. The number of hydrogen-bond acceptors (Lipinski definition) is 3. The Labute approximate surface area is 119 Å². The van der Waals surface area contributed by atoms with E-state index in [-0.39, 0.29) is 17.9 Å². The number of halogens is 4. The molecule has 0 atom stereocenters. The molecule has 0 unspecified atom stereocenters. The fourth-order valence-electron chi connectivity index (χ4n) is 1.79. The lowest BCUT2D eigenvalue weighted by Gasteiger charge is -2.13. The number of ketones is 1. The maximum atomic E-state index is 13.1. The Morgan fingerprint density at radius 3 is 2.29 bits per heavy atom. The van der Waals surface area contributed by atoms with E-state index in [1.165, 1.54) is 0 Å². The molecule has 3 nitrogen and oxygen atoms in total. The van der Waals surface area contributed by atoms with Crippen molar-refractivity contribution in [2.24, 2.45) is 5.92 Å². The molecule has 21 heavy (non-hydrogen) atoms. The zero-order chi connectivity index (χ0) is 16.4. The lowest BCUT2D eigenvalue weighted by molar-refractivity contribution is -0.119. The van der Waals surface area contributed by atoms with Crippen LogP contribution in [0.4, 0.5) is 17.6 Å². The maximum absolute atomic E-state index is 13.1. The van der Waals surface area contributed by atoms with Crippen molar-refractivity contribution in [2.45, 2.75) is 37.1 Å². The Hall–Kier alpha value is -1.44. The summed E-state index contributed by atoms with van der Waals surface area (Å²) in [6.45, 7) is 3.49. The highest BCUT2D eigenvalue weighted by molar-refractivity contribution is 7.92. The standard InChI is InChI=1S/C13H14F4O3S/c1-8(2)5-11(18)6-9-3-4-10(14)7-12(9)21(19,20)13(15,16)17/h3-4,7-8H,5-6H2,1-2H3. The van der Waals surface area contributed by atoms with Gasteiger partial charge in [0.2, 0.25) is 0 Å². The molecule has 0 aliphatic heterocycles. The lowest BCUT2D eigenvalue weighted by atomic mass is 10.0. The average molecular weight is 326 g/mol. The Kier molecular flexibility index (Phi) is 5.14. The minimum Gasteiger partial charge on any atom is -0.299 e. The van der Waals surface area contributed by atoms with Crippen LogP contribution in [0.5, 0.6) is 0 Å². The molecule has 0 N–H and O–H groups in total. The average Bonchev–Trinajstić information content (AvgIpc) is 2.28. The van der Waals surface area contributed by atoms with Crippen molar-refractivity contribution in [3.8, 4) is 0 Å². The molecule has 0 aromatic heterocycles. The van der Waals surface area contributed by atoms with Gasteiger partial charge in [0, 0.05) is 12.8 Å². The predicted octanol–water partition coefficient (Wildman–Crippen LogP) is 3.28. The molecule has 0 fully saturated rings. The molecule has 8 heteroatoms. The van der Waals surface area contributed by atoms with Gasteiger partial charge in [0.05, 0.1) is 4.90 Å². The van der Waals surface area contributed by atoms with Crippen LogP contribution >= 0.6 is 0 Å². The molecule has 0 heterocycles. The van der Waals surface area contributed by atoms with Crippen LogP contribution in [0.25, 0.3) is 0 Å². The van der Waals surface area contributed by atoms with Crippen molar-refractivity contribution in [2.75, 3.05) is 0 Å². The first-order chi connectivity index (χ1) is 9.45. The quantitative estimate of drug-likeness (QED) is 0.780. The topological polar surface area (TPSA) is 51.2 Å². The van der Waals surface area contributed by atoms with Crippen molar-refractivity contribution in [3.63, 3.8) is 0 Å². The van der Waals surface area contributed by atoms with E-state index >= 15 is 0 Å². The van der Waals surface area contributed by atoms with Crippen LogP contribution in [0, 0.1) is 11.7 Å². The monoisotopic (exact) mass is 326 g/mol. The van der Waals surface area contributed by atoms with Crippen LogP contribution in [0.1, 0.15) is 25.8 Å². The largest absolute Gasteiger partial charge is 0.501 e. The minimum atomic E-state index is -5.70. The first-order valence-electron chi connectivity index (χ1n) is 6.06. The second-order valence-corrected chi connectivity index (χ2v) is 6.92. The molecule has 0 saturated carbocycles. The third-order valence-electron chi connectivity index (χ3n) is 2.65. The first kappa shape index (κ1) is 17.6.